The van der Waals surface area contributed by atoms with Crippen LogP contribution in [0.1, 0.15) is 17.3 Å². The quantitative estimate of drug-likeness (QED) is 0.643. The maximum Gasteiger partial charge on any atom is 0.344 e. The van der Waals surface area contributed by atoms with Crippen LogP contribution in [0.5, 0.6) is 0 Å². The van der Waals surface area contributed by atoms with Crippen molar-refractivity contribution in [3.05, 3.63) is 65.2 Å². The van der Waals surface area contributed by atoms with Gasteiger partial charge in [0.15, 0.2) is 5.76 Å². The molecular weight excluding hydrogens is 314 g/mol. The maximum atomic E-state index is 12.4. The summed E-state index contributed by atoms with van der Waals surface area (Å²) in [4.78, 5) is 12.4. The summed E-state index contributed by atoms with van der Waals surface area (Å²) in [5, 5.41) is 4.69. The van der Waals surface area contributed by atoms with Crippen LogP contribution in [-0.4, -0.2) is 17.7 Å². The molecule has 0 saturated heterocycles. The third-order valence-electron chi connectivity index (χ3n) is 3.33. The highest BCUT2D eigenvalue weighted by molar-refractivity contribution is 6.30. The minimum absolute atomic E-state index is 0.276. The number of carbonyl (C=O) groups excluding carboxylic acids is 1. The van der Waals surface area contributed by atoms with Crippen LogP contribution in [0.25, 0.3) is 22.6 Å². The van der Waals surface area contributed by atoms with E-state index >= 15 is 0 Å². The van der Waals surface area contributed by atoms with Gasteiger partial charge < -0.3 is 9.26 Å². The zero-order valence-corrected chi connectivity index (χ0v) is 13.2. The number of aromatic nitrogens is 1. The Morgan fingerprint density at radius 3 is 2.43 bits per heavy atom. The summed E-state index contributed by atoms with van der Waals surface area (Å²) >= 11 is 5.92. The standard InChI is InChI=1S/C18H14ClNO3/c1-2-22-18(21)15-16(12-8-10-14(19)11-9-12)20-23-17(15)13-6-4-3-5-7-13/h3-11H,2H2,1H3. The van der Waals surface area contributed by atoms with Crippen LogP contribution in [-0.2, 0) is 4.74 Å². The zero-order valence-electron chi connectivity index (χ0n) is 12.5. The molecule has 0 saturated carbocycles. The van der Waals surface area contributed by atoms with Gasteiger partial charge in [-0.25, -0.2) is 4.79 Å². The van der Waals surface area contributed by atoms with Gasteiger partial charge in [0, 0.05) is 16.1 Å². The Balaban J connectivity index is 2.15. The average molecular weight is 328 g/mol. The lowest BCUT2D eigenvalue weighted by molar-refractivity contribution is 0.0527. The van der Waals surface area contributed by atoms with Gasteiger partial charge in [0.25, 0.3) is 0 Å². The molecule has 0 spiro atoms. The normalized spacial score (nSPS) is 10.5. The number of rotatable bonds is 4. The number of hydrogen-bond donors (Lipinski definition) is 0. The number of benzene rings is 2. The first-order chi connectivity index (χ1) is 11.2. The van der Waals surface area contributed by atoms with Crippen molar-refractivity contribution in [3.8, 4) is 22.6 Å². The van der Waals surface area contributed by atoms with E-state index in [1.165, 1.54) is 0 Å². The van der Waals surface area contributed by atoms with Crippen LogP contribution in [0.15, 0.2) is 59.1 Å². The van der Waals surface area contributed by atoms with Crippen LogP contribution in [0.4, 0.5) is 0 Å². The molecule has 0 aliphatic rings. The molecule has 0 N–H and O–H groups in total. The summed E-state index contributed by atoms with van der Waals surface area (Å²) in [5.74, 6) is -0.0634. The molecule has 0 bridgehead atoms. The van der Waals surface area contributed by atoms with E-state index in [-0.39, 0.29) is 6.61 Å². The van der Waals surface area contributed by atoms with Gasteiger partial charge in [-0.2, -0.15) is 0 Å². The zero-order chi connectivity index (χ0) is 16.2. The fraction of sp³-hybridized carbons (Fsp3) is 0.111. The highest BCUT2D eigenvalue weighted by Gasteiger charge is 2.26. The van der Waals surface area contributed by atoms with Crippen LogP contribution in [0.3, 0.4) is 0 Å². The Morgan fingerprint density at radius 1 is 1.09 bits per heavy atom. The van der Waals surface area contributed by atoms with Gasteiger partial charge in [0.2, 0.25) is 0 Å². The third kappa shape index (κ3) is 3.12. The Kier molecular flexibility index (Phi) is 4.44. The van der Waals surface area contributed by atoms with Crippen molar-refractivity contribution in [2.24, 2.45) is 0 Å². The Labute approximate surface area is 138 Å². The Morgan fingerprint density at radius 2 is 1.78 bits per heavy atom. The minimum atomic E-state index is -0.461. The largest absolute Gasteiger partial charge is 0.462 e. The van der Waals surface area contributed by atoms with Gasteiger partial charge in [0.1, 0.15) is 11.3 Å². The maximum absolute atomic E-state index is 12.4. The molecule has 1 aromatic heterocycles. The van der Waals surface area contributed by atoms with Gasteiger partial charge in [0.05, 0.1) is 6.61 Å². The van der Waals surface area contributed by atoms with E-state index in [0.29, 0.717) is 22.0 Å². The molecule has 0 unspecified atom stereocenters. The lowest BCUT2D eigenvalue weighted by Crippen LogP contribution is -2.06. The molecule has 4 nitrogen and oxygen atoms in total. The molecule has 23 heavy (non-hydrogen) atoms. The van der Waals surface area contributed by atoms with Crippen LogP contribution in [0.2, 0.25) is 5.02 Å². The lowest BCUT2D eigenvalue weighted by Gasteiger charge is -2.04. The molecule has 1 heterocycles. The van der Waals surface area contributed by atoms with Crippen molar-refractivity contribution < 1.29 is 14.1 Å². The highest BCUT2D eigenvalue weighted by atomic mass is 35.5. The van der Waals surface area contributed by atoms with E-state index < -0.39 is 5.97 Å². The van der Waals surface area contributed by atoms with Crippen molar-refractivity contribution in [2.45, 2.75) is 6.92 Å². The van der Waals surface area contributed by atoms with E-state index in [9.17, 15) is 4.79 Å². The number of halogens is 1. The van der Waals surface area contributed by atoms with E-state index in [4.69, 9.17) is 20.9 Å². The lowest BCUT2D eigenvalue weighted by atomic mass is 10.0. The van der Waals surface area contributed by atoms with Crippen molar-refractivity contribution in [1.82, 2.24) is 5.16 Å². The van der Waals surface area contributed by atoms with Gasteiger partial charge in [-0.05, 0) is 19.1 Å². The second-order valence-corrected chi connectivity index (χ2v) is 5.27. The van der Waals surface area contributed by atoms with Gasteiger partial charge in [-0.15, -0.1) is 0 Å². The summed E-state index contributed by atoms with van der Waals surface area (Å²) in [5.41, 5.74) is 2.27. The molecule has 0 radical (unpaired) electrons. The molecule has 0 fully saturated rings. The Hall–Kier alpha value is -2.59. The fourth-order valence-corrected chi connectivity index (χ4v) is 2.40. The smallest absolute Gasteiger partial charge is 0.344 e. The van der Waals surface area contributed by atoms with Gasteiger partial charge >= 0.3 is 5.97 Å². The second kappa shape index (κ2) is 6.67. The van der Waals surface area contributed by atoms with E-state index in [0.717, 1.165) is 11.1 Å². The number of nitrogens with zero attached hydrogens (tertiary/aromatic N) is 1. The molecule has 0 atom stereocenters. The second-order valence-electron chi connectivity index (χ2n) is 4.83. The van der Waals surface area contributed by atoms with Crippen molar-refractivity contribution in [1.29, 1.82) is 0 Å². The van der Waals surface area contributed by atoms with Crippen LogP contribution >= 0.6 is 11.6 Å². The molecule has 5 heteroatoms. The van der Waals surface area contributed by atoms with Gasteiger partial charge in [-0.1, -0.05) is 59.2 Å². The molecule has 0 amide bonds. The van der Waals surface area contributed by atoms with Crippen LogP contribution in [0, 0.1) is 0 Å². The first kappa shape index (κ1) is 15.3. The predicted octanol–water partition coefficient (Wildman–Crippen LogP) is 4.84. The molecule has 3 rings (SSSR count). The molecular formula is C18H14ClNO3. The summed E-state index contributed by atoms with van der Waals surface area (Å²) in [7, 11) is 0. The van der Waals surface area contributed by atoms with Crippen molar-refractivity contribution in [3.63, 3.8) is 0 Å². The highest BCUT2D eigenvalue weighted by Crippen LogP contribution is 2.33. The molecule has 3 aromatic rings. The summed E-state index contributed by atoms with van der Waals surface area (Å²) in [6.07, 6.45) is 0. The molecule has 2 aromatic carbocycles. The molecule has 0 aliphatic carbocycles. The topological polar surface area (TPSA) is 52.3 Å². The van der Waals surface area contributed by atoms with Crippen LogP contribution < -0.4 is 0 Å². The number of carbonyl (C=O) groups is 1. The fourth-order valence-electron chi connectivity index (χ4n) is 2.27. The third-order valence-corrected chi connectivity index (χ3v) is 3.58. The van der Waals surface area contributed by atoms with E-state index in [1.807, 2.05) is 30.3 Å². The monoisotopic (exact) mass is 327 g/mol. The summed E-state index contributed by atoms with van der Waals surface area (Å²) in [6.45, 7) is 2.04. The average Bonchev–Trinajstić information content (AvgIpc) is 3.01. The minimum Gasteiger partial charge on any atom is -0.462 e. The molecule has 0 aliphatic heterocycles. The van der Waals surface area contributed by atoms with Crippen molar-refractivity contribution >= 4 is 17.6 Å². The first-order valence-electron chi connectivity index (χ1n) is 7.19. The summed E-state index contributed by atoms with van der Waals surface area (Å²) in [6, 6.07) is 16.4. The SMILES string of the molecule is CCOC(=O)c1c(-c2ccc(Cl)cc2)noc1-c1ccccc1. The van der Waals surface area contributed by atoms with E-state index in [1.54, 1.807) is 31.2 Å². The van der Waals surface area contributed by atoms with Crippen molar-refractivity contribution in [2.75, 3.05) is 6.61 Å². The van der Waals surface area contributed by atoms with Gasteiger partial charge in [-0.3, -0.25) is 0 Å². The first-order valence-corrected chi connectivity index (χ1v) is 7.56. The number of ether oxygens (including phenoxy) is 1. The predicted molar refractivity (Wildman–Crippen MR) is 88.3 cm³/mol. The molecule has 116 valence electrons. The number of esters is 1. The Bertz CT molecular complexity index is 810. The van der Waals surface area contributed by atoms with E-state index in [2.05, 4.69) is 5.16 Å². The summed E-state index contributed by atoms with van der Waals surface area (Å²) < 4.78 is 10.6. The number of hydrogen-bond acceptors (Lipinski definition) is 4.